The Morgan fingerprint density at radius 1 is 1.26 bits per heavy atom. The van der Waals surface area contributed by atoms with E-state index in [4.69, 9.17) is 4.42 Å². The Labute approximate surface area is 122 Å². The van der Waals surface area contributed by atoms with Crippen LogP contribution in [0.1, 0.15) is 57.4 Å². The molecule has 0 aliphatic carbocycles. The molecule has 0 aliphatic heterocycles. The summed E-state index contributed by atoms with van der Waals surface area (Å²) in [6.45, 7) is 10.6. The van der Waals surface area contributed by atoms with Gasteiger partial charge in [0.1, 0.15) is 11.7 Å². The Bertz CT molecular complexity index is 669. The summed E-state index contributed by atoms with van der Waals surface area (Å²) >= 11 is 3.56. The van der Waals surface area contributed by atoms with Crippen molar-refractivity contribution in [1.29, 1.82) is 5.26 Å². The number of halogens is 1. The van der Waals surface area contributed by atoms with E-state index in [-0.39, 0.29) is 5.41 Å². The van der Waals surface area contributed by atoms with Crippen molar-refractivity contribution in [1.82, 2.24) is 0 Å². The van der Waals surface area contributed by atoms with Crippen LogP contribution < -0.4 is 0 Å². The molecule has 2 nitrogen and oxygen atoms in total. The van der Waals surface area contributed by atoms with Crippen molar-refractivity contribution in [2.24, 2.45) is 0 Å². The molecule has 0 N–H and O–H groups in total. The lowest BCUT2D eigenvalue weighted by Crippen LogP contribution is -2.12. The zero-order valence-electron chi connectivity index (χ0n) is 12.0. The van der Waals surface area contributed by atoms with Gasteiger partial charge in [0, 0.05) is 15.4 Å². The summed E-state index contributed by atoms with van der Waals surface area (Å²) < 4.78 is 6.87. The monoisotopic (exact) mass is 319 g/mol. The Morgan fingerprint density at radius 2 is 1.89 bits per heavy atom. The lowest BCUT2D eigenvalue weighted by Gasteiger charge is -2.17. The molecule has 1 aromatic heterocycles. The molecule has 2 rings (SSSR count). The molecule has 1 aromatic carbocycles. The van der Waals surface area contributed by atoms with Gasteiger partial charge >= 0.3 is 0 Å². The van der Waals surface area contributed by atoms with Crippen molar-refractivity contribution in [2.45, 2.75) is 46.0 Å². The highest BCUT2D eigenvalue weighted by molar-refractivity contribution is 9.10. The number of rotatable bonds is 1. The summed E-state index contributed by atoms with van der Waals surface area (Å²) in [4.78, 5) is 0. The normalized spacial score (nSPS) is 12.1. The second-order valence-corrected chi connectivity index (χ2v) is 7.11. The second kappa shape index (κ2) is 4.68. The van der Waals surface area contributed by atoms with Crippen molar-refractivity contribution < 1.29 is 4.42 Å². The van der Waals surface area contributed by atoms with Crippen LogP contribution in [0.15, 0.2) is 21.0 Å². The van der Waals surface area contributed by atoms with Gasteiger partial charge in [0.15, 0.2) is 0 Å². The first-order chi connectivity index (χ1) is 8.75. The molecule has 0 spiro atoms. The van der Waals surface area contributed by atoms with E-state index < -0.39 is 0 Å². The number of hydrogen-bond donors (Lipinski definition) is 0. The number of benzene rings is 1. The van der Waals surface area contributed by atoms with E-state index >= 15 is 0 Å². The topological polar surface area (TPSA) is 36.9 Å². The van der Waals surface area contributed by atoms with Gasteiger partial charge < -0.3 is 4.42 Å². The molecule has 0 aliphatic rings. The van der Waals surface area contributed by atoms with E-state index in [9.17, 15) is 5.26 Å². The molecule has 0 bridgehead atoms. The van der Waals surface area contributed by atoms with E-state index in [0.717, 1.165) is 26.6 Å². The first-order valence-corrected chi connectivity index (χ1v) is 7.21. The predicted molar refractivity (Wildman–Crippen MR) is 81.4 cm³/mol. The molecule has 0 radical (unpaired) electrons. The Balaban J connectivity index is 2.94. The van der Waals surface area contributed by atoms with E-state index in [1.54, 1.807) is 0 Å². The molecule has 3 heteroatoms. The summed E-state index contributed by atoms with van der Waals surface area (Å²) in [7, 11) is 0. The minimum Gasteiger partial charge on any atom is -0.445 e. The lowest BCUT2D eigenvalue weighted by atomic mass is 9.84. The first kappa shape index (κ1) is 14.1. The van der Waals surface area contributed by atoms with Gasteiger partial charge in [-0.05, 0) is 29.0 Å². The van der Waals surface area contributed by atoms with E-state index in [2.05, 4.69) is 62.7 Å². The predicted octanol–water partition coefficient (Wildman–Crippen LogP) is 5.49. The largest absolute Gasteiger partial charge is 0.445 e. The minimum absolute atomic E-state index is 0.120. The number of hydrogen-bond acceptors (Lipinski definition) is 2. The maximum Gasteiger partial charge on any atom is 0.208 e. The molecule has 19 heavy (non-hydrogen) atoms. The molecule has 0 unspecified atom stereocenters. The number of nitrogens with zero attached hydrogens (tertiary/aromatic N) is 1. The molecule has 0 saturated heterocycles. The standard InChI is InChI=1S/C16H18BrNO/c1-9(2)11-6-10(17)7-12-14(16(3,4)5)13(8-18)19-15(11)12/h6-7,9H,1-5H3. The molecular formula is C16H18BrNO. The Morgan fingerprint density at radius 3 is 2.37 bits per heavy atom. The van der Waals surface area contributed by atoms with Gasteiger partial charge in [-0.1, -0.05) is 50.5 Å². The third kappa shape index (κ3) is 2.42. The molecule has 0 fully saturated rings. The molecular weight excluding hydrogens is 302 g/mol. The zero-order chi connectivity index (χ0) is 14.4. The summed E-state index contributed by atoms with van der Waals surface area (Å²) in [5, 5.41) is 10.4. The first-order valence-electron chi connectivity index (χ1n) is 6.42. The van der Waals surface area contributed by atoms with E-state index in [1.807, 2.05) is 6.07 Å². The highest BCUT2D eigenvalue weighted by atomic mass is 79.9. The molecule has 2 aromatic rings. The van der Waals surface area contributed by atoms with E-state index in [0.29, 0.717) is 11.7 Å². The van der Waals surface area contributed by atoms with Gasteiger partial charge in [0.25, 0.3) is 0 Å². The smallest absolute Gasteiger partial charge is 0.208 e. The van der Waals surface area contributed by atoms with Crippen LogP contribution in [0.4, 0.5) is 0 Å². The number of furan rings is 1. The third-order valence-electron chi connectivity index (χ3n) is 3.26. The van der Waals surface area contributed by atoms with Gasteiger partial charge in [-0.15, -0.1) is 0 Å². The highest BCUT2D eigenvalue weighted by Crippen LogP contribution is 2.39. The third-order valence-corrected chi connectivity index (χ3v) is 3.71. The van der Waals surface area contributed by atoms with Crippen molar-refractivity contribution >= 4 is 26.9 Å². The second-order valence-electron chi connectivity index (χ2n) is 6.19. The fraction of sp³-hybridized carbons (Fsp3) is 0.438. The molecule has 0 saturated carbocycles. The van der Waals surface area contributed by atoms with Gasteiger partial charge in [-0.2, -0.15) is 5.26 Å². The van der Waals surface area contributed by atoms with Crippen LogP contribution in [0.3, 0.4) is 0 Å². The molecule has 1 heterocycles. The quantitative estimate of drug-likeness (QED) is 0.697. The van der Waals surface area contributed by atoms with Crippen molar-refractivity contribution in [3.63, 3.8) is 0 Å². The van der Waals surface area contributed by atoms with Crippen LogP contribution in [-0.4, -0.2) is 0 Å². The maximum atomic E-state index is 9.33. The molecule has 0 amide bonds. The number of fused-ring (bicyclic) bond motifs is 1. The number of nitriles is 1. The van der Waals surface area contributed by atoms with Gasteiger partial charge in [-0.3, -0.25) is 0 Å². The highest BCUT2D eigenvalue weighted by Gasteiger charge is 2.27. The summed E-state index contributed by atoms with van der Waals surface area (Å²) in [5.74, 6) is 0.785. The molecule has 100 valence electrons. The van der Waals surface area contributed by atoms with Crippen LogP contribution in [0.25, 0.3) is 11.0 Å². The van der Waals surface area contributed by atoms with E-state index in [1.165, 1.54) is 0 Å². The summed E-state index contributed by atoms with van der Waals surface area (Å²) in [6.07, 6.45) is 0. The molecule has 0 atom stereocenters. The van der Waals surface area contributed by atoms with Gasteiger partial charge in [0.05, 0.1) is 0 Å². The van der Waals surface area contributed by atoms with Crippen molar-refractivity contribution in [3.8, 4) is 6.07 Å². The van der Waals surface area contributed by atoms with Gasteiger partial charge in [0.2, 0.25) is 5.76 Å². The van der Waals surface area contributed by atoms with Gasteiger partial charge in [-0.25, -0.2) is 0 Å². The fourth-order valence-electron chi connectivity index (χ4n) is 2.44. The SMILES string of the molecule is CC(C)c1cc(Br)cc2c(C(C)(C)C)c(C#N)oc12. The minimum atomic E-state index is -0.120. The van der Waals surface area contributed by atoms with Crippen LogP contribution in [0, 0.1) is 11.3 Å². The summed E-state index contributed by atoms with van der Waals surface area (Å²) in [6, 6.07) is 6.32. The van der Waals surface area contributed by atoms with Crippen LogP contribution >= 0.6 is 15.9 Å². The van der Waals surface area contributed by atoms with Crippen LogP contribution in [0.2, 0.25) is 0 Å². The van der Waals surface area contributed by atoms with Crippen molar-refractivity contribution in [3.05, 3.63) is 33.5 Å². The average Bonchev–Trinajstić information content (AvgIpc) is 2.65. The van der Waals surface area contributed by atoms with Crippen molar-refractivity contribution in [2.75, 3.05) is 0 Å². The fourth-order valence-corrected chi connectivity index (χ4v) is 2.92. The van der Waals surface area contributed by atoms with Crippen LogP contribution in [0.5, 0.6) is 0 Å². The maximum absolute atomic E-state index is 9.33. The average molecular weight is 320 g/mol. The lowest BCUT2D eigenvalue weighted by molar-refractivity contribution is 0.544. The summed E-state index contributed by atoms with van der Waals surface area (Å²) in [5.41, 5.74) is 2.86. The zero-order valence-corrected chi connectivity index (χ0v) is 13.6. The Hall–Kier alpha value is -1.27. The Kier molecular flexibility index (Phi) is 3.49. The van der Waals surface area contributed by atoms with Crippen LogP contribution in [-0.2, 0) is 5.41 Å².